The molecule has 2 fully saturated rings. The van der Waals surface area contributed by atoms with E-state index < -0.39 is 0 Å². The van der Waals surface area contributed by atoms with Crippen molar-refractivity contribution >= 4 is 36.4 Å². The Hall–Kier alpha value is -1.63. The fourth-order valence-electron chi connectivity index (χ4n) is 4.20. The molecule has 3 atom stereocenters. The number of pyridine rings is 1. The molecule has 0 bridgehead atoms. The summed E-state index contributed by atoms with van der Waals surface area (Å²) in [6.07, 6.45) is 7.68. The molecule has 1 saturated heterocycles. The molecule has 1 aliphatic carbocycles. The van der Waals surface area contributed by atoms with Crippen LogP contribution < -0.4 is 10.6 Å². The Morgan fingerprint density at radius 1 is 1.22 bits per heavy atom. The number of fused-ring (bicyclic) bond motifs is 1. The van der Waals surface area contributed by atoms with E-state index in [1.165, 1.54) is 25.7 Å². The van der Waals surface area contributed by atoms with E-state index in [9.17, 15) is 4.79 Å². The second-order valence-corrected chi connectivity index (χ2v) is 7.34. The van der Waals surface area contributed by atoms with Crippen molar-refractivity contribution in [3.8, 4) is 5.82 Å². The highest BCUT2D eigenvalue weighted by molar-refractivity contribution is 5.95. The van der Waals surface area contributed by atoms with Crippen molar-refractivity contribution in [2.45, 2.75) is 58.0 Å². The van der Waals surface area contributed by atoms with E-state index in [1.54, 1.807) is 6.20 Å². The fourth-order valence-corrected chi connectivity index (χ4v) is 4.20. The van der Waals surface area contributed by atoms with Crippen molar-refractivity contribution in [1.29, 1.82) is 0 Å². The Balaban J connectivity index is 0.00000131. The number of carbonyl (C=O) groups is 1. The summed E-state index contributed by atoms with van der Waals surface area (Å²) in [5.41, 5.74) is 2.73. The molecule has 148 valence electrons. The number of hydrogen-bond acceptors (Lipinski definition) is 4. The van der Waals surface area contributed by atoms with E-state index in [0.29, 0.717) is 12.0 Å². The number of anilines is 1. The minimum Gasteiger partial charge on any atom is -0.323 e. The zero-order chi connectivity index (χ0) is 17.4. The molecule has 2 aromatic heterocycles. The third kappa shape index (κ3) is 4.62. The first-order valence-corrected chi connectivity index (χ1v) is 9.17. The second kappa shape index (κ2) is 9.04. The van der Waals surface area contributed by atoms with E-state index >= 15 is 0 Å². The Morgan fingerprint density at radius 3 is 2.63 bits per heavy atom. The molecule has 1 amide bonds. The zero-order valence-corrected chi connectivity index (χ0v) is 17.3. The Labute approximate surface area is 172 Å². The number of carbonyl (C=O) groups excluding carboxylic acids is 1. The summed E-state index contributed by atoms with van der Waals surface area (Å²) < 4.78 is 1.81. The lowest BCUT2D eigenvalue weighted by Crippen LogP contribution is -2.39. The SMILES string of the molecule is Cc1cc(C)n(-c2ccc(NC(=O)C3CC4CCCCC4N3)cn2)n1.Cl.Cl. The number of nitrogens with zero attached hydrogens (tertiary/aromatic N) is 3. The zero-order valence-electron chi connectivity index (χ0n) is 15.6. The Kier molecular flexibility index (Phi) is 7.25. The summed E-state index contributed by atoms with van der Waals surface area (Å²) in [6, 6.07) is 6.23. The highest BCUT2D eigenvalue weighted by atomic mass is 35.5. The van der Waals surface area contributed by atoms with Gasteiger partial charge in [0.2, 0.25) is 5.91 Å². The lowest BCUT2D eigenvalue weighted by molar-refractivity contribution is -0.117. The minimum absolute atomic E-state index is 0. The van der Waals surface area contributed by atoms with Crippen LogP contribution in [0.1, 0.15) is 43.5 Å². The molecule has 0 aromatic carbocycles. The maximum atomic E-state index is 12.6. The molecule has 2 aliphatic rings. The van der Waals surface area contributed by atoms with Crippen molar-refractivity contribution in [3.63, 3.8) is 0 Å². The van der Waals surface area contributed by atoms with Gasteiger partial charge in [-0.3, -0.25) is 4.79 Å². The molecule has 1 saturated carbocycles. The largest absolute Gasteiger partial charge is 0.323 e. The van der Waals surface area contributed by atoms with Gasteiger partial charge in [-0.2, -0.15) is 5.10 Å². The molecular formula is C19H27Cl2N5O. The highest BCUT2D eigenvalue weighted by Crippen LogP contribution is 2.33. The van der Waals surface area contributed by atoms with Crippen molar-refractivity contribution < 1.29 is 4.79 Å². The number of amides is 1. The molecule has 0 spiro atoms. The minimum atomic E-state index is -0.0798. The van der Waals surface area contributed by atoms with Gasteiger partial charge in [0.05, 0.1) is 23.6 Å². The summed E-state index contributed by atoms with van der Waals surface area (Å²) >= 11 is 0. The van der Waals surface area contributed by atoms with Gasteiger partial charge in [-0.15, -0.1) is 24.8 Å². The lowest BCUT2D eigenvalue weighted by atomic mass is 9.85. The molecule has 8 heteroatoms. The van der Waals surface area contributed by atoms with Gasteiger partial charge in [0.25, 0.3) is 0 Å². The number of hydrogen-bond donors (Lipinski definition) is 2. The molecule has 3 unspecified atom stereocenters. The van der Waals surface area contributed by atoms with Crippen LogP contribution in [0.25, 0.3) is 5.82 Å². The van der Waals surface area contributed by atoms with Gasteiger partial charge < -0.3 is 10.6 Å². The second-order valence-electron chi connectivity index (χ2n) is 7.34. The molecule has 1 aliphatic heterocycles. The summed E-state index contributed by atoms with van der Waals surface area (Å²) in [5, 5.41) is 10.9. The first-order chi connectivity index (χ1) is 12.1. The van der Waals surface area contributed by atoms with Crippen LogP contribution in [0, 0.1) is 19.8 Å². The number of nitrogens with one attached hydrogen (secondary N) is 2. The van der Waals surface area contributed by atoms with E-state index in [1.807, 2.05) is 36.7 Å². The third-order valence-corrected chi connectivity index (χ3v) is 5.42. The number of aryl methyl sites for hydroxylation is 2. The summed E-state index contributed by atoms with van der Waals surface area (Å²) in [4.78, 5) is 17.0. The smallest absolute Gasteiger partial charge is 0.241 e. The fraction of sp³-hybridized carbons (Fsp3) is 0.526. The molecule has 6 nitrogen and oxygen atoms in total. The van der Waals surface area contributed by atoms with Crippen molar-refractivity contribution in [3.05, 3.63) is 35.8 Å². The van der Waals surface area contributed by atoms with Gasteiger partial charge in [-0.25, -0.2) is 9.67 Å². The van der Waals surface area contributed by atoms with E-state index in [4.69, 9.17) is 0 Å². The molecule has 0 radical (unpaired) electrons. The number of aromatic nitrogens is 3. The number of halogens is 2. The third-order valence-electron chi connectivity index (χ3n) is 5.42. The normalized spacial score (nSPS) is 23.7. The van der Waals surface area contributed by atoms with Gasteiger partial charge in [0.15, 0.2) is 5.82 Å². The van der Waals surface area contributed by atoms with Crippen LogP contribution in [0.2, 0.25) is 0 Å². The van der Waals surface area contributed by atoms with Crippen molar-refractivity contribution in [1.82, 2.24) is 20.1 Å². The maximum absolute atomic E-state index is 12.6. The summed E-state index contributed by atoms with van der Waals surface area (Å²) in [7, 11) is 0. The van der Waals surface area contributed by atoms with Gasteiger partial charge in [-0.1, -0.05) is 12.8 Å². The maximum Gasteiger partial charge on any atom is 0.241 e. The molecule has 2 aromatic rings. The van der Waals surface area contributed by atoms with Crippen LogP contribution in [0.4, 0.5) is 5.69 Å². The van der Waals surface area contributed by atoms with E-state index in [0.717, 1.165) is 29.3 Å². The van der Waals surface area contributed by atoms with Crippen molar-refractivity contribution in [2.75, 3.05) is 5.32 Å². The quantitative estimate of drug-likeness (QED) is 0.809. The Bertz CT molecular complexity index is 763. The van der Waals surface area contributed by atoms with Crippen LogP contribution in [-0.2, 0) is 4.79 Å². The molecule has 4 rings (SSSR count). The van der Waals surface area contributed by atoms with E-state index in [-0.39, 0.29) is 36.8 Å². The molecular weight excluding hydrogens is 385 g/mol. The average Bonchev–Trinajstić information content (AvgIpc) is 3.18. The predicted octanol–water partition coefficient (Wildman–Crippen LogP) is 3.59. The monoisotopic (exact) mass is 411 g/mol. The van der Waals surface area contributed by atoms with Gasteiger partial charge >= 0.3 is 0 Å². The first kappa shape index (κ1) is 21.7. The highest BCUT2D eigenvalue weighted by Gasteiger charge is 2.38. The molecule has 3 heterocycles. The van der Waals surface area contributed by atoms with Crippen LogP contribution in [0.3, 0.4) is 0 Å². The summed E-state index contributed by atoms with van der Waals surface area (Å²) in [5.74, 6) is 1.47. The predicted molar refractivity (Wildman–Crippen MR) is 111 cm³/mol. The van der Waals surface area contributed by atoms with Gasteiger partial charge in [0.1, 0.15) is 0 Å². The first-order valence-electron chi connectivity index (χ1n) is 9.17. The van der Waals surface area contributed by atoms with Gasteiger partial charge in [0, 0.05) is 11.7 Å². The van der Waals surface area contributed by atoms with Crippen LogP contribution >= 0.6 is 24.8 Å². The lowest BCUT2D eigenvalue weighted by Gasteiger charge is -2.24. The standard InChI is InChI=1S/C19H25N5O.2ClH/c1-12-9-13(2)24(23-12)18-8-7-15(11-20-18)21-19(25)17-10-14-5-3-4-6-16(14)22-17;;/h7-9,11,14,16-17,22H,3-6,10H2,1-2H3,(H,21,25);2*1H. The Morgan fingerprint density at radius 2 is 2.00 bits per heavy atom. The van der Waals surface area contributed by atoms with E-state index in [2.05, 4.69) is 20.7 Å². The molecule has 27 heavy (non-hydrogen) atoms. The van der Waals surface area contributed by atoms with Crippen LogP contribution in [0.5, 0.6) is 0 Å². The van der Waals surface area contributed by atoms with Gasteiger partial charge in [-0.05, 0) is 57.2 Å². The number of rotatable bonds is 3. The average molecular weight is 412 g/mol. The topological polar surface area (TPSA) is 71.8 Å². The molecule has 2 N–H and O–H groups in total. The van der Waals surface area contributed by atoms with Crippen LogP contribution in [0.15, 0.2) is 24.4 Å². The van der Waals surface area contributed by atoms with Crippen LogP contribution in [-0.4, -0.2) is 32.8 Å². The van der Waals surface area contributed by atoms with Crippen molar-refractivity contribution in [2.24, 2.45) is 5.92 Å². The summed E-state index contributed by atoms with van der Waals surface area (Å²) in [6.45, 7) is 3.97.